The lowest BCUT2D eigenvalue weighted by atomic mass is 10.5. The molecule has 1 heterocycles. The molecule has 1 nitrogen and oxygen atoms in total. The molecule has 0 fully saturated rings. The van der Waals surface area contributed by atoms with Gasteiger partial charge in [0.05, 0.1) is 6.54 Å². The molecule has 2 heteroatoms. The first kappa shape index (κ1) is 5.33. The van der Waals surface area contributed by atoms with Crippen LogP contribution in [0.1, 0.15) is 0 Å². The molecule has 0 unspecified atom stereocenters. The Kier molecular flexibility index (Phi) is 1.66. The average molecular weight is 123 g/mol. The van der Waals surface area contributed by atoms with Crippen LogP contribution in [0.3, 0.4) is 0 Å². The molecule has 0 atom stereocenters. The van der Waals surface area contributed by atoms with Gasteiger partial charge < -0.3 is 5.32 Å². The lowest BCUT2D eigenvalue weighted by Gasteiger charge is -1.92. The summed E-state index contributed by atoms with van der Waals surface area (Å²) in [6.07, 6.45) is 3.54. The van der Waals surface area contributed by atoms with Crippen LogP contribution in [-0.4, -0.2) is 11.5 Å². The van der Waals surface area contributed by atoms with E-state index in [1.165, 1.54) is 0 Å². The zero-order chi connectivity index (χ0) is 5.82. The molecule has 0 aliphatic carbocycles. The molecule has 8 heavy (non-hydrogen) atoms. The molecule has 0 spiro atoms. The van der Waals surface area contributed by atoms with E-state index in [0.29, 0.717) is 6.54 Å². The summed E-state index contributed by atoms with van der Waals surface area (Å²) < 4.78 is 0. The Morgan fingerprint density at radius 2 is 2.62 bits per heavy atom. The third kappa shape index (κ3) is 1.36. The Morgan fingerprint density at radius 3 is 3.50 bits per heavy atom. The quantitative estimate of drug-likeness (QED) is 0.371. The zero-order valence-corrected chi connectivity index (χ0v) is 5.09. The van der Waals surface area contributed by atoms with Crippen LogP contribution >= 0.6 is 12.2 Å². The highest BCUT2D eigenvalue weighted by Crippen LogP contribution is 1.78. The highest BCUT2D eigenvalue weighted by Gasteiger charge is 1.86. The van der Waals surface area contributed by atoms with Crippen LogP contribution in [0.5, 0.6) is 0 Å². The molecular formula is C6H5NS. The average Bonchev–Trinajstić information content (AvgIpc) is 1.94. The van der Waals surface area contributed by atoms with E-state index < -0.39 is 0 Å². The number of hydrogen-bond acceptors (Lipinski definition) is 1. The normalized spacial score (nSPS) is 15.8. The first-order chi connectivity index (χ1) is 3.89. The van der Waals surface area contributed by atoms with Gasteiger partial charge in [0, 0.05) is 0 Å². The molecule has 1 rings (SSSR count). The highest BCUT2D eigenvalue weighted by atomic mass is 32.1. The Hall–Kier alpha value is -0.810. The van der Waals surface area contributed by atoms with Gasteiger partial charge >= 0.3 is 0 Å². The van der Waals surface area contributed by atoms with Crippen molar-refractivity contribution in [3.8, 4) is 11.8 Å². The largest absolute Gasteiger partial charge is 0.365 e. The van der Waals surface area contributed by atoms with E-state index in [9.17, 15) is 0 Å². The van der Waals surface area contributed by atoms with Gasteiger partial charge in [0.2, 0.25) is 0 Å². The molecule has 40 valence electrons. The minimum Gasteiger partial charge on any atom is -0.365 e. The summed E-state index contributed by atoms with van der Waals surface area (Å²) in [5, 5.41) is 2.92. The maximum atomic E-state index is 4.81. The molecule has 0 aromatic heterocycles. The van der Waals surface area contributed by atoms with Gasteiger partial charge in [-0.15, -0.1) is 0 Å². The highest BCUT2D eigenvalue weighted by molar-refractivity contribution is 7.80. The summed E-state index contributed by atoms with van der Waals surface area (Å²) in [6.45, 7) is 0.672. The Labute approximate surface area is 53.8 Å². The fourth-order valence-electron chi connectivity index (χ4n) is 0.418. The van der Waals surface area contributed by atoms with Crippen LogP contribution in [0.2, 0.25) is 0 Å². The van der Waals surface area contributed by atoms with Gasteiger partial charge in [-0.3, -0.25) is 0 Å². The molecule has 0 aromatic rings. The molecule has 0 radical (unpaired) electrons. The van der Waals surface area contributed by atoms with Crippen molar-refractivity contribution in [1.82, 2.24) is 5.32 Å². The van der Waals surface area contributed by atoms with Gasteiger partial charge in [-0.25, -0.2) is 0 Å². The molecular weight excluding hydrogens is 118 g/mol. The minimum absolute atomic E-state index is 0.672. The van der Waals surface area contributed by atoms with E-state index in [1.54, 1.807) is 12.2 Å². The lowest BCUT2D eigenvalue weighted by molar-refractivity contribution is 1.10. The van der Waals surface area contributed by atoms with Crippen LogP contribution in [0.25, 0.3) is 0 Å². The number of hydrogen-bond donors (Lipinski definition) is 1. The van der Waals surface area contributed by atoms with Crippen LogP contribution in [-0.2, 0) is 0 Å². The number of thiocarbonyl (C=S) groups is 1. The van der Waals surface area contributed by atoms with E-state index in [1.807, 2.05) is 0 Å². The maximum Gasteiger partial charge on any atom is 0.100 e. The van der Waals surface area contributed by atoms with Crippen molar-refractivity contribution < 1.29 is 0 Å². The van der Waals surface area contributed by atoms with Gasteiger partial charge in [0.15, 0.2) is 0 Å². The van der Waals surface area contributed by atoms with Gasteiger partial charge in [-0.05, 0) is 12.2 Å². The van der Waals surface area contributed by atoms with Crippen LogP contribution in [0.4, 0.5) is 0 Å². The summed E-state index contributed by atoms with van der Waals surface area (Å²) in [7, 11) is 0. The topological polar surface area (TPSA) is 12.0 Å². The summed E-state index contributed by atoms with van der Waals surface area (Å²) in [5.41, 5.74) is 0. The van der Waals surface area contributed by atoms with Gasteiger partial charge in [-0.2, -0.15) is 0 Å². The van der Waals surface area contributed by atoms with Crippen molar-refractivity contribution >= 4 is 17.2 Å². The van der Waals surface area contributed by atoms with Crippen LogP contribution in [0.15, 0.2) is 12.2 Å². The predicted molar refractivity (Wildman–Crippen MR) is 37.5 cm³/mol. The van der Waals surface area contributed by atoms with Gasteiger partial charge in [-0.1, -0.05) is 24.1 Å². The molecule has 0 aromatic carbocycles. The Balaban J connectivity index is 2.66. The lowest BCUT2D eigenvalue weighted by Crippen LogP contribution is -2.17. The second-order valence-electron chi connectivity index (χ2n) is 1.37. The van der Waals surface area contributed by atoms with E-state index >= 15 is 0 Å². The van der Waals surface area contributed by atoms with E-state index in [-0.39, 0.29) is 0 Å². The third-order valence-corrected chi connectivity index (χ3v) is 1.05. The second kappa shape index (κ2) is 2.49. The molecule has 1 aliphatic heterocycles. The summed E-state index contributed by atoms with van der Waals surface area (Å²) in [4.78, 5) is 0.752. The van der Waals surface area contributed by atoms with Crippen molar-refractivity contribution in [3.63, 3.8) is 0 Å². The SMILES string of the molecule is S=C1C=CC#CCN1. The summed E-state index contributed by atoms with van der Waals surface area (Å²) in [5.74, 6) is 5.64. The standard InChI is InChI=1S/C6H5NS/c8-6-4-2-1-3-5-7-6/h2,4H,5H2,(H,7,8). The second-order valence-corrected chi connectivity index (χ2v) is 1.81. The fraction of sp³-hybridized carbons (Fsp3) is 0.167. The van der Waals surface area contributed by atoms with Crippen molar-refractivity contribution in [2.45, 2.75) is 0 Å². The maximum absolute atomic E-state index is 4.81. The molecule has 0 bridgehead atoms. The summed E-state index contributed by atoms with van der Waals surface area (Å²) in [6, 6.07) is 0. The first-order valence-corrected chi connectivity index (χ1v) is 2.73. The molecule has 0 saturated carbocycles. The van der Waals surface area contributed by atoms with Crippen LogP contribution in [0, 0.1) is 11.8 Å². The monoisotopic (exact) mass is 123 g/mol. The molecule has 1 aliphatic rings. The zero-order valence-electron chi connectivity index (χ0n) is 4.27. The predicted octanol–water partition coefficient (Wildman–Crippen LogP) is 0.477. The van der Waals surface area contributed by atoms with Crippen molar-refractivity contribution in [3.05, 3.63) is 12.2 Å². The smallest absolute Gasteiger partial charge is 0.100 e. The van der Waals surface area contributed by atoms with Gasteiger partial charge in [0.25, 0.3) is 0 Å². The van der Waals surface area contributed by atoms with Crippen molar-refractivity contribution in [1.29, 1.82) is 0 Å². The van der Waals surface area contributed by atoms with Crippen molar-refractivity contribution in [2.24, 2.45) is 0 Å². The molecule has 1 N–H and O–H groups in total. The molecule has 0 saturated heterocycles. The third-order valence-electron chi connectivity index (χ3n) is 0.771. The van der Waals surface area contributed by atoms with E-state index in [0.717, 1.165) is 4.99 Å². The van der Waals surface area contributed by atoms with Crippen LogP contribution < -0.4 is 5.32 Å². The minimum atomic E-state index is 0.672. The summed E-state index contributed by atoms with van der Waals surface area (Å²) >= 11 is 4.81. The van der Waals surface area contributed by atoms with E-state index in [4.69, 9.17) is 12.2 Å². The Bertz CT molecular complexity index is 182. The number of nitrogens with one attached hydrogen (secondary N) is 1. The van der Waals surface area contributed by atoms with Crippen molar-refractivity contribution in [2.75, 3.05) is 6.54 Å². The number of allylic oxidation sites excluding steroid dienone is 1. The fourth-order valence-corrected chi connectivity index (χ4v) is 0.558. The molecule has 0 amide bonds. The Morgan fingerprint density at radius 1 is 1.75 bits per heavy atom. The van der Waals surface area contributed by atoms with Gasteiger partial charge in [0.1, 0.15) is 4.99 Å². The first-order valence-electron chi connectivity index (χ1n) is 2.32. The van der Waals surface area contributed by atoms with E-state index in [2.05, 4.69) is 17.2 Å². The number of rotatable bonds is 0.